The summed E-state index contributed by atoms with van der Waals surface area (Å²) >= 11 is 0. The van der Waals surface area contributed by atoms with Crippen molar-refractivity contribution in [2.24, 2.45) is 0 Å². The quantitative estimate of drug-likeness (QED) is 0.229. The number of hydrogen-bond donors (Lipinski definition) is 1. The molecule has 3 rings (SSSR count). The van der Waals surface area contributed by atoms with E-state index in [4.69, 9.17) is 9.47 Å². The number of ether oxygens (including phenoxy) is 2. The van der Waals surface area contributed by atoms with Crippen LogP contribution >= 0.6 is 0 Å². The minimum Gasteiger partial charge on any atom is -0.480 e. The molecular weight excluding hydrogens is 574 g/mol. The molecule has 1 aliphatic heterocycles. The van der Waals surface area contributed by atoms with Crippen molar-refractivity contribution in [3.05, 3.63) is 70.8 Å². The van der Waals surface area contributed by atoms with Crippen molar-refractivity contribution in [3.8, 4) is 0 Å². The lowest BCUT2D eigenvalue weighted by Gasteiger charge is -2.43. The predicted octanol–water partition coefficient (Wildman–Crippen LogP) is 4.52. The van der Waals surface area contributed by atoms with Crippen LogP contribution in [-0.4, -0.2) is 84.8 Å². The molecule has 230 valence electrons. The van der Waals surface area contributed by atoms with Gasteiger partial charge in [-0.2, -0.15) is 26.3 Å². The summed E-state index contributed by atoms with van der Waals surface area (Å²) in [6.45, 7) is -0.923. The Balaban J connectivity index is 1.93. The van der Waals surface area contributed by atoms with Crippen molar-refractivity contribution in [2.45, 2.75) is 43.7 Å². The van der Waals surface area contributed by atoms with Crippen LogP contribution in [0.3, 0.4) is 0 Å². The second kappa shape index (κ2) is 14.0. The summed E-state index contributed by atoms with van der Waals surface area (Å²) in [5, 5.41) is 9.45. The van der Waals surface area contributed by atoms with Crippen LogP contribution < -0.4 is 0 Å². The van der Waals surface area contributed by atoms with Gasteiger partial charge in [0.15, 0.2) is 0 Å². The number of esters is 1. The van der Waals surface area contributed by atoms with Crippen molar-refractivity contribution in [1.29, 1.82) is 0 Å². The first kappa shape index (κ1) is 32.9. The summed E-state index contributed by atoms with van der Waals surface area (Å²) in [6, 6.07) is 8.19. The minimum atomic E-state index is -5.12. The Kier molecular flexibility index (Phi) is 11.0. The van der Waals surface area contributed by atoms with Gasteiger partial charge in [-0.15, -0.1) is 0 Å². The molecule has 1 heterocycles. The number of likely N-dealkylation sites (tertiary alicyclic amines) is 1. The molecule has 1 aliphatic rings. The van der Waals surface area contributed by atoms with Crippen LogP contribution in [0.2, 0.25) is 0 Å². The van der Waals surface area contributed by atoms with Gasteiger partial charge in [0.05, 0.1) is 30.8 Å². The number of carbonyl (C=O) groups is 3. The number of carboxylic acid groups (broad SMARTS) is 1. The number of benzene rings is 2. The van der Waals surface area contributed by atoms with Crippen molar-refractivity contribution < 1.29 is 55.3 Å². The Hall–Kier alpha value is -3.65. The van der Waals surface area contributed by atoms with Gasteiger partial charge in [0, 0.05) is 31.3 Å². The van der Waals surface area contributed by atoms with Crippen molar-refractivity contribution in [1.82, 2.24) is 9.80 Å². The second-order valence-corrected chi connectivity index (χ2v) is 9.83. The van der Waals surface area contributed by atoms with Crippen LogP contribution in [0.15, 0.2) is 48.5 Å². The maximum absolute atomic E-state index is 13.5. The average molecular weight is 605 g/mol. The molecule has 0 bridgehead atoms. The Morgan fingerprint density at radius 1 is 0.952 bits per heavy atom. The van der Waals surface area contributed by atoms with E-state index in [1.165, 1.54) is 16.9 Å². The summed E-state index contributed by atoms with van der Waals surface area (Å²) < 4.78 is 90.7. The third-order valence-corrected chi connectivity index (χ3v) is 6.84. The lowest BCUT2D eigenvalue weighted by atomic mass is 9.90. The van der Waals surface area contributed by atoms with Crippen LogP contribution in [-0.2, 0) is 37.8 Å². The Labute approximate surface area is 237 Å². The highest BCUT2D eigenvalue weighted by atomic mass is 19.4. The first-order chi connectivity index (χ1) is 19.7. The molecule has 0 radical (unpaired) electrons. The SMILES string of the molecule is COCCOC(=O)CN(CC(=O)O)[C@H]1CCN(C(=O)c2cc(C(F)(F)F)cc(C(F)(F)F)c2)[C@H](Cc2ccccc2)C1. The molecule has 8 nitrogen and oxygen atoms in total. The molecule has 14 heteroatoms. The van der Waals surface area contributed by atoms with Gasteiger partial charge in [-0.3, -0.25) is 19.3 Å². The zero-order valence-corrected chi connectivity index (χ0v) is 22.6. The topological polar surface area (TPSA) is 96.4 Å². The zero-order chi connectivity index (χ0) is 31.1. The molecule has 0 aromatic heterocycles. The van der Waals surface area contributed by atoms with Crippen LogP contribution in [0.5, 0.6) is 0 Å². The van der Waals surface area contributed by atoms with Crippen LogP contribution in [0, 0.1) is 0 Å². The predicted molar refractivity (Wildman–Crippen MR) is 136 cm³/mol. The van der Waals surface area contributed by atoms with Gasteiger partial charge >= 0.3 is 24.3 Å². The van der Waals surface area contributed by atoms with E-state index in [9.17, 15) is 45.8 Å². The molecule has 0 unspecified atom stereocenters. The summed E-state index contributed by atoms with van der Waals surface area (Å²) in [7, 11) is 1.41. The number of nitrogens with zero attached hydrogens (tertiary/aromatic N) is 2. The van der Waals surface area contributed by atoms with Gasteiger partial charge in [0.1, 0.15) is 6.61 Å². The van der Waals surface area contributed by atoms with Crippen LogP contribution in [0.1, 0.15) is 39.9 Å². The first-order valence-electron chi connectivity index (χ1n) is 12.9. The fourth-order valence-electron chi connectivity index (χ4n) is 4.89. The smallest absolute Gasteiger partial charge is 0.416 e. The lowest BCUT2D eigenvalue weighted by Crippen LogP contribution is -2.54. The van der Waals surface area contributed by atoms with Crippen LogP contribution in [0.25, 0.3) is 0 Å². The highest BCUT2D eigenvalue weighted by Crippen LogP contribution is 2.37. The van der Waals surface area contributed by atoms with E-state index in [2.05, 4.69) is 0 Å². The van der Waals surface area contributed by atoms with Gasteiger partial charge in [-0.1, -0.05) is 30.3 Å². The van der Waals surface area contributed by atoms with Crippen molar-refractivity contribution >= 4 is 17.8 Å². The highest BCUT2D eigenvalue weighted by Gasteiger charge is 2.40. The number of hydrogen-bond acceptors (Lipinski definition) is 6. The molecule has 0 saturated carbocycles. The number of rotatable bonds is 11. The van der Waals surface area contributed by atoms with E-state index in [1.54, 1.807) is 30.3 Å². The third-order valence-electron chi connectivity index (χ3n) is 6.84. The molecule has 2 atom stereocenters. The molecule has 1 fully saturated rings. The molecule has 1 saturated heterocycles. The molecule has 2 aromatic carbocycles. The van der Waals surface area contributed by atoms with E-state index in [-0.39, 0.29) is 51.6 Å². The fraction of sp³-hybridized carbons (Fsp3) is 0.464. The van der Waals surface area contributed by atoms with Gasteiger partial charge < -0.3 is 19.5 Å². The largest absolute Gasteiger partial charge is 0.480 e. The molecular formula is C28H30F6N2O6. The summed E-state index contributed by atoms with van der Waals surface area (Å²) in [4.78, 5) is 40.1. The van der Waals surface area contributed by atoms with Crippen molar-refractivity contribution in [2.75, 3.05) is 40.0 Å². The standard InChI is InChI=1S/C28H30F6N2O6/c1-41-9-10-42-25(39)17-35(16-24(37)38)22-7-8-36(23(15-22)11-18-5-3-2-4-6-18)26(40)19-12-20(27(29,30)31)14-21(13-19)28(32,33)34/h2-6,12-14,22-23H,7-11,15-17H2,1H3,(H,37,38)/t22-,23+/m0/s1. The Morgan fingerprint density at radius 2 is 1.57 bits per heavy atom. The first-order valence-corrected chi connectivity index (χ1v) is 12.9. The summed E-state index contributed by atoms with van der Waals surface area (Å²) in [5.74, 6) is -2.94. The number of amides is 1. The Morgan fingerprint density at radius 3 is 2.12 bits per heavy atom. The lowest BCUT2D eigenvalue weighted by molar-refractivity contribution is -0.149. The van der Waals surface area contributed by atoms with E-state index >= 15 is 0 Å². The number of carboxylic acids is 1. The molecule has 1 amide bonds. The number of alkyl halides is 6. The van der Waals surface area contributed by atoms with Gasteiger partial charge in [-0.05, 0) is 43.0 Å². The van der Waals surface area contributed by atoms with Crippen LogP contribution in [0.4, 0.5) is 26.3 Å². The zero-order valence-electron chi connectivity index (χ0n) is 22.6. The van der Waals surface area contributed by atoms with E-state index in [1.807, 2.05) is 0 Å². The average Bonchev–Trinajstić information content (AvgIpc) is 2.91. The maximum Gasteiger partial charge on any atom is 0.416 e. The monoisotopic (exact) mass is 604 g/mol. The molecule has 1 N–H and O–H groups in total. The fourth-order valence-corrected chi connectivity index (χ4v) is 4.89. The summed E-state index contributed by atoms with van der Waals surface area (Å²) in [5.41, 5.74) is -3.23. The van der Waals surface area contributed by atoms with Gasteiger partial charge in [0.25, 0.3) is 5.91 Å². The van der Waals surface area contributed by atoms with Gasteiger partial charge in [-0.25, -0.2) is 0 Å². The van der Waals surface area contributed by atoms with Gasteiger partial charge in [0.2, 0.25) is 0 Å². The third kappa shape index (κ3) is 9.18. The Bertz CT molecular complexity index is 1210. The number of halogens is 6. The van der Waals surface area contributed by atoms with E-state index < -0.39 is 65.5 Å². The highest BCUT2D eigenvalue weighted by molar-refractivity contribution is 5.95. The molecule has 2 aromatic rings. The normalized spacial score (nSPS) is 17.8. The van der Waals surface area contributed by atoms with E-state index in [0.717, 1.165) is 5.56 Å². The molecule has 42 heavy (non-hydrogen) atoms. The number of piperidine rings is 1. The number of methoxy groups -OCH3 is 1. The second-order valence-electron chi connectivity index (χ2n) is 9.83. The molecule has 0 spiro atoms. The number of aliphatic carboxylic acids is 1. The minimum absolute atomic E-state index is 0.0417. The maximum atomic E-state index is 13.5. The van der Waals surface area contributed by atoms with E-state index in [0.29, 0.717) is 12.1 Å². The summed E-state index contributed by atoms with van der Waals surface area (Å²) in [6.07, 6.45) is -9.84. The number of carbonyl (C=O) groups excluding carboxylic acids is 2. The molecule has 0 aliphatic carbocycles. The van der Waals surface area contributed by atoms with Crippen molar-refractivity contribution in [3.63, 3.8) is 0 Å².